The lowest BCUT2D eigenvalue weighted by Gasteiger charge is -2.09. The summed E-state index contributed by atoms with van der Waals surface area (Å²) >= 11 is 1.51. The Hall–Kier alpha value is -1.88. The Morgan fingerprint density at radius 3 is 2.45 bits per heavy atom. The van der Waals surface area contributed by atoms with Crippen molar-refractivity contribution < 1.29 is 4.79 Å². The highest BCUT2D eigenvalue weighted by Crippen LogP contribution is 2.18. The Balaban J connectivity index is 1.86. The molecule has 0 saturated heterocycles. The minimum Gasteiger partial charge on any atom is -0.326 e. The molecule has 5 heteroatoms. The van der Waals surface area contributed by atoms with Gasteiger partial charge in [-0.3, -0.25) is 4.79 Å². The maximum absolute atomic E-state index is 12.0. The van der Waals surface area contributed by atoms with Crippen LogP contribution >= 0.6 is 11.8 Å². The number of amides is 1. The van der Waals surface area contributed by atoms with Crippen molar-refractivity contribution in [3.63, 3.8) is 0 Å². The van der Waals surface area contributed by atoms with Crippen LogP contribution in [0.25, 0.3) is 0 Å². The highest BCUT2D eigenvalue weighted by Gasteiger charge is 2.07. The van der Waals surface area contributed by atoms with Gasteiger partial charge in [0, 0.05) is 29.2 Å². The second-order valence-electron chi connectivity index (χ2n) is 5.40. The molecule has 1 amide bonds. The Bertz CT molecular complexity index is 665. The number of nitrogens with one attached hydrogen (secondary N) is 1. The predicted molar refractivity (Wildman–Crippen MR) is 91.4 cm³/mol. The fourth-order valence-electron chi connectivity index (χ4n) is 2.08. The Kier molecular flexibility index (Phi) is 5.55. The molecule has 0 saturated carbocycles. The normalized spacial score (nSPS) is 10.5. The van der Waals surface area contributed by atoms with Gasteiger partial charge in [0.15, 0.2) is 5.16 Å². The monoisotopic (exact) mass is 315 g/mol. The summed E-state index contributed by atoms with van der Waals surface area (Å²) in [5, 5.41) is 3.70. The summed E-state index contributed by atoms with van der Waals surface area (Å²) in [6.07, 6.45) is 0.439. The zero-order valence-electron chi connectivity index (χ0n) is 13.4. The zero-order valence-corrected chi connectivity index (χ0v) is 14.3. The van der Waals surface area contributed by atoms with Gasteiger partial charge in [0.1, 0.15) is 0 Å². The summed E-state index contributed by atoms with van der Waals surface area (Å²) < 4.78 is 0. The number of carbonyl (C=O) groups excluding carboxylic acids is 1. The molecule has 0 bridgehead atoms. The van der Waals surface area contributed by atoms with Gasteiger partial charge in [-0.2, -0.15) is 0 Å². The van der Waals surface area contributed by atoms with E-state index in [-0.39, 0.29) is 5.91 Å². The molecule has 116 valence electrons. The molecule has 0 aliphatic heterocycles. The summed E-state index contributed by atoms with van der Waals surface area (Å²) in [4.78, 5) is 20.8. The number of rotatable bonds is 5. The highest BCUT2D eigenvalue weighted by atomic mass is 32.2. The van der Waals surface area contributed by atoms with Crippen LogP contribution in [-0.4, -0.2) is 21.6 Å². The van der Waals surface area contributed by atoms with E-state index >= 15 is 0 Å². The van der Waals surface area contributed by atoms with Crippen molar-refractivity contribution in [3.05, 3.63) is 46.8 Å². The van der Waals surface area contributed by atoms with Crippen LogP contribution in [0.5, 0.6) is 0 Å². The highest BCUT2D eigenvalue weighted by molar-refractivity contribution is 7.99. The Morgan fingerprint density at radius 1 is 1.09 bits per heavy atom. The van der Waals surface area contributed by atoms with Crippen molar-refractivity contribution in [2.24, 2.45) is 0 Å². The lowest BCUT2D eigenvalue weighted by molar-refractivity contribution is -0.115. The van der Waals surface area contributed by atoms with Gasteiger partial charge in [0.25, 0.3) is 0 Å². The van der Waals surface area contributed by atoms with E-state index < -0.39 is 0 Å². The number of anilines is 1. The molecule has 2 aromatic rings. The molecular weight excluding hydrogens is 294 g/mol. The minimum absolute atomic E-state index is 0.0191. The van der Waals surface area contributed by atoms with E-state index in [1.807, 2.05) is 52.0 Å². The second-order valence-corrected chi connectivity index (χ2v) is 6.46. The van der Waals surface area contributed by atoms with Gasteiger partial charge in [-0.15, -0.1) is 0 Å². The maximum Gasteiger partial charge on any atom is 0.225 e. The van der Waals surface area contributed by atoms with Crippen molar-refractivity contribution in [3.8, 4) is 0 Å². The fourth-order valence-corrected chi connectivity index (χ4v) is 2.96. The summed E-state index contributed by atoms with van der Waals surface area (Å²) in [6, 6.07) is 7.99. The van der Waals surface area contributed by atoms with Gasteiger partial charge in [-0.1, -0.05) is 23.9 Å². The molecule has 22 heavy (non-hydrogen) atoms. The fraction of sp³-hybridized carbons (Fsp3) is 0.353. The smallest absolute Gasteiger partial charge is 0.225 e. The molecule has 0 atom stereocenters. The molecule has 2 rings (SSSR count). The lowest BCUT2D eigenvalue weighted by Crippen LogP contribution is -2.13. The topological polar surface area (TPSA) is 54.9 Å². The van der Waals surface area contributed by atoms with Crippen LogP contribution in [0.2, 0.25) is 0 Å². The number of nitrogens with zero attached hydrogens (tertiary/aromatic N) is 2. The average molecular weight is 315 g/mol. The molecule has 0 spiro atoms. The van der Waals surface area contributed by atoms with Crippen molar-refractivity contribution in [1.82, 2.24) is 9.97 Å². The van der Waals surface area contributed by atoms with Crippen LogP contribution in [0.15, 0.2) is 29.4 Å². The van der Waals surface area contributed by atoms with E-state index in [0.29, 0.717) is 12.2 Å². The number of benzene rings is 1. The van der Waals surface area contributed by atoms with Crippen LogP contribution in [-0.2, 0) is 4.79 Å². The largest absolute Gasteiger partial charge is 0.326 e. The number of aryl methyl sites for hydroxylation is 4. The third-order valence-corrected chi connectivity index (χ3v) is 4.04. The SMILES string of the molecule is Cc1ccc(C)c(NC(=O)CCSc2nc(C)cc(C)n2)c1. The third kappa shape index (κ3) is 4.84. The van der Waals surface area contributed by atoms with Crippen LogP contribution in [0.3, 0.4) is 0 Å². The minimum atomic E-state index is 0.0191. The summed E-state index contributed by atoms with van der Waals surface area (Å²) in [6.45, 7) is 7.91. The van der Waals surface area contributed by atoms with Gasteiger partial charge in [-0.25, -0.2) is 9.97 Å². The first-order valence-corrected chi connectivity index (χ1v) is 8.25. The van der Waals surface area contributed by atoms with Crippen LogP contribution < -0.4 is 5.32 Å². The molecule has 4 nitrogen and oxygen atoms in total. The summed E-state index contributed by atoms with van der Waals surface area (Å²) in [5.41, 5.74) is 5.01. The Morgan fingerprint density at radius 2 is 1.77 bits per heavy atom. The van der Waals surface area contributed by atoms with Gasteiger partial charge in [0.05, 0.1) is 0 Å². The molecule has 0 radical (unpaired) electrons. The predicted octanol–water partition coefficient (Wildman–Crippen LogP) is 3.83. The molecule has 1 heterocycles. The third-order valence-electron chi connectivity index (χ3n) is 3.19. The molecule has 1 aromatic carbocycles. The number of aromatic nitrogens is 2. The number of thioether (sulfide) groups is 1. The lowest BCUT2D eigenvalue weighted by atomic mass is 10.1. The molecule has 1 N–H and O–H groups in total. The van der Waals surface area contributed by atoms with Gasteiger partial charge >= 0.3 is 0 Å². The quantitative estimate of drug-likeness (QED) is 0.673. The van der Waals surface area contributed by atoms with E-state index in [9.17, 15) is 4.79 Å². The van der Waals surface area contributed by atoms with Gasteiger partial charge < -0.3 is 5.32 Å². The van der Waals surface area contributed by atoms with Crippen molar-refractivity contribution in [2.45, 2.75) is 39.3 Å². The molecule has 0 fully saturated rings. The maximum atomic E-state index is 12.0. The second kappa shape index (κ2) is 7.40. The molecule has 0 aliphatic rings. The average Bonchev–Trinajstić information content (AvgIpc) is 2.42. The summed E-state index contributed by atoms with van der Waals surface area (Å²) in [5.74, 6) is 0.685. The van der Waals surface area contributed by atoms with E-state index in [1.54, 1.807) is 0 Å². The van der Waals surface area contributed by atoms with Crippen LogP contribution in [0, 0.1) is 27.7 Å². The molecular formula is C17H21N3OS. The molecule has 1 aromatic heterocycles. The number of carbonyl (C=O) groups is 1. The Labute approximate surface area is 135 Å². The van der Waals surface area contributed by atoms with Crippen LogP contribution in [0.1, 0.15) is 28.9 Å². The molecule has 0 unspecified atom stereocenters. The van der Waals surface area contributed by atoms with E-state index in [0.717, 1.165) is 33.4 Å². The first kappa shape index (κ1) is 16.5. The van der Waals surface area contributed by atoms with E-state index in [1.165, 1.54) is 11.8 Å². The first-order valence-electron chi connectivity index (χ1n) is 7.26. The van der Waals surface area contributed by atoms with Gasteiger partial charge in [-0.05, 0) is 51.0 Å². The van der Waals surface area contributed by atoms with Crippen molar-refractivity contribution >= 4 is 23.4 Å². The standard InChI is InChI=1S/C17H21N3OS/c1-11-5-6-12(2)15(9-11)20-16(21)7-8-22-17-18-13(3)10-14(4)19-17/h5-6,9-10H,7-8H2,1-4H3,(H,20,21). The number of hydrogen-bond acceptors (Lipinski definition) is 4. The van der Waals surface area contributed by atoms with E-state index in [2.05, 4.69) is 15.3 Å². The summed E-state index contributed by atoms with van der Waals surface area (Å²) in [7, 11) is 0. The van der Waals surface area contributed by atoms with Crippen molar-refractivity contribution in [1.29, 1.82) is 0 Å². The first-order chi connectivity index (χ1) is 10.4. The zero-order chi connectivity index (χ0) is 16.1. The van der Waals surface area contributed by atoms with E-state index in [4.69, 9.17) is 0 Å². The van der Waals surface area contributed by atoms with Crippen molar-refractivity contribution in [2.75, 3.05) is 11.1 Å². The number of hydrogen-bond donors (Lipinski definition) is 1. The van der Waals surface area contributed by atoms with Gasteiger partial charge in [0.2, 0.25) is 5.91 Å². The molecule has 0 aliphatic carbocycles. The van der Waals surface area contributed by atoms with Crippen LogP contribution in [0.4, 0.5) is 5.69 Å².